The van der Waals surface area contributed by atoms with Crippen LogP contribution in [0.15, 0.2) is 23.2 Å². The van der Waals surface area contributed by atoms with E-state index in [1.807, 2.05) is 0 Å². The van der Waals surface area contributed by atoms with E-state index < -0.39 is 5.82 Å². The molecule has 0 heterocycles. The van der Waals surface area contributed by atoms with Crippen LogP contribution in [0.25, 0.3) is 0 Å². The molecule has 4 heteroatoms. The minimum Gasteiger partial charge on any atom is -0.384 e. The number of rotatable bonds is 1. The van der Waals surface area contributed by atoms with Crippen molar-refractivity contribution in [3.8, 4) is 0 Å². The highest BCUT2D eigenvalue weighted by Crippen LogP contribution is 2.15. The molecule has 0 aliphatic heterocycles. The van der Waals surface area contributed by atoms with E-state index in [9.17, 15) is 4.39 Å². The van der Waals surface area contributed by atoms with Gasteiger partial charge in [-0.15, -0.1) is 0 Å². The molecule has 0 bridgehead atoms. The molecule has 0 aliphatic rings. The Labute approximate surface area is 74.9 Å². The molecule has 0 fully saturated rings. The molecule has 0 atom stereocenters. The topological polar surface area (TPSA) is 38.4 Å². The third kappa shape index (κ3) is 1.74. The van der Waals surface area contributed by atoms with Crippen molar-refractivity contribution in [2.75, 3.05) is 7.05 Å². The second-order valence-electron chi connectivity index (χ2n) is 2.24. The summed E-state index contributed by atoms with van der Waals surface area (Å²) < 4.78 is 12.7. The first-order valence-electron chi connectivity index (χ1n) is 3.33. The third-order valence-electron chi connectivity index (χ3n) is 1.46. The molecular weight excluding hydrogens is 179 g/mol. The molecule has 0 aliphatic carbocycles. The summed E-state index contributed by atoms with van der Waals surface area (Å²) in [6, 6.07) is 4.23. The number of hydrogen-bond acceptors (Lipinski definition) is 1. The van der Waals surface area contributed by atoms with Crippen LogP contribution in [0.2, 0.25) is 5.02 Å². The number of hydrogen-bond donors (Lipinski definition) is 1. The van der Waals surface area contributed by atoms with Gasteiger partial charge < -0.3 is 5.73 Å². The molecule has 0 aromatic heterocycles. The van der Waals surface area contributed by atoms with Crippen LogP contribution in [0.3, 0.4) is 0 Å². The third-order valence-corrected chi connectivity index (χ3v) is 1.75. The van der Waals surface area contributed by atoms with Crippen molar-refractivity contribution in [2.45, 2.75) is 0 Å². The van der Waals surface area contributed by atoms with Crippen LogP contribution < -0.4 is 5.73 Å². The zero-order valence-corrected chi connectivity index (χ0v) is 7.27. The zero-order chi connectivity index (χ0) is 9.14. The van der Waals surface area contributed by atoms with Crippen molar-refractivity contribution >= 4 is 17.4 Å². The Hall–Kier alpha value is -1.09. The molecule has 0 radical (unpaired) electrons. The fourth-order valence-corrected chi connectivity index (χ4v) is 0.965. The number of nitrogens with two attached hydrogens (primary N) is 1. The summed E-state index contributed by atoms with van der Waals surface area (Å²) in [5.74, 6) is -0.110. The van der Waals surface area contributed by atoms with Gasteiger partial charge in [0.1, 0.15) is 11.7 Å². The Kier molecular flexibility index (Phi) is 2.65. The average molecular weight is 187 g/mol. The van der Waals surface area contributed by atoms with Crippen molar-refractivity contribution in [3.05, 3.63) is 34.6 Å². The van der Waals surface area contributed by atoms with Crippen molar-refractivity contribution in [2.24, 2.45) is 10.7 Å². The number of aliphatic imine (C=N–C) groups is 1. The van der Waals surface area contributed by atoms with Crippen molar-refractivity contribution in [3.63, 3.8) is 0 Å². The van der Waals surface area contributed by atoms with Gasteiger partial charge in [-0.1, -0.05) is 11.6 Å². The molecule has 1 aromatic carbocycles. The van der Waals surface area contributed by atoms with Crippen LogP contribution in [-0.2, 0) is 0 Å². The van der Waals surface area contributed by atoms with Crippen molar-refractivity contribution in [1.82, 2.24) is 0 Å². The molecule has 1 aromatic rings. The second-order valence-corrected chi connectivity index (χ2v) is 2.64. The quantitative estimate of drug-likeness (QED) is 0.527. The van der Waals surface area contributed by atoms with Gasteiger partial charge in [0, 0.05) is 12.6 Å². The Morgan fingerprint density at radius 2 is 2.25 bits per heavy atom. The molecule has 0 unspecified atom stereocenters. The van der Waals surface area contributed by atoms with Gasteiger partial charge >= 0.3 is 0 Å². The second kappa shape index (κ2) is 3.54. The maximum absolute atomic E-state index is 12.7. The largest absolute Gasteiger partial charge is 0.384 e. The van der Waals surface area contributed by atoms with E-state index in [4.69, 9.17) is 17.3 Å². The van der Waals surface area contributed by atoms with Gasteiger partial charge in [0.15, 0.2) is 0 Å². The maximum Gasteiger partial charge on any atom is 0.141 e. The lowest BCUT2D eigenvalue weighted by Crippen LogP contribution is -2.12. The molecular formula is C8H8ClFN2. The molecule has 2 nitrogen and oxygen atoms in total. The first kappa shape index (κ1) is 9.00. The summed E-state index contributed by atoms with van der Waals surface area (Å²) in [5.41, 5.74) is 6.11. The fraction of sp³-hybridized carbons (Fsp3) is 0.125. The molecule has 0 saturated carbocycles. The summed E-state index contributed by atoms with van der Waals surface area (Å²) in [6.07, 6.45) is 0. The standard InChI is InChI=1S/C8H8ClFN2/c1-12-8(11)5-2-3-7(10)6(9)4-5/h2-4H,1H3,(H2,11,12). The smallest absolute Gasteiger partial charge is 0.141 e. The Morgan fingerprint density at radius 1 is 1.58 bits per heavy atom. The monoisotopic (exact) mass is 186 g/mol. The SMILES string of the molecule is C/N=C(/N)c1ccc(F)c(Cl)c1. The van der Waals surface area contributed by atoms with E-state index in [1.54, 1.807) is 7.05 Å². The molecule has 0 amide bonds. The van der Waals surface area contributed by atoms with Gasteiger partial charge in [-0.2, -0.15) is 0 Å². The lowest BCUT2D eigenvalue weighted by Gasteiger charge is -2.00. The first-order chi connectivity index (χ1) is 5.65. The highest BCUT2D eigenvalue weighted by Gasteiger charge is 2.02. The summed E-state index contributed by atoms with van der Waals surface area (Å²) in [4.78, 5) is 3.74. The van der Waals surface area contributed by atoms with Gasteiger partial charge in [0.2, 0.25) is 0 Å². The normalized spacial score (nSPS) is 11.8. The zero-order valence-electron chi connectivity index (χ0n) is 6.51. The number of amidine groups is 1. The van der Waals surface area contributed by atoms with Gasteiger partial charge in [0.05, 0.1) is 5.02 Å². The Morgan fingerprint density at radius 3 is 2.75 bits per heavy atom. The molecule has 0 spiro atoms. The predicted molar refractivity (Wildman–Crippen MR) is 48.1 cm³/mol. The lowest BCUT2D eigenvalue weighted by atomic mass is 10.2. The van der Waals surface area contributed by atoms with Crippen LogP contribution >= 0.6 is 11.6 Å². The molecule has 64 valence electrons. The minimum absolute atomic E-state index is 0.0547. The van der Waals surface area contributed by atoms with Crippen molar-refractivity contribution in [1.29, 1.82) is 0 Å². The first-order valence-corrected chi connectivity index (χ1v) is 3.70. The van der Waals surface area contributed by atoms with Crippen LogP contribution in [0.1, 0.15) is 5.56 Å². The van der Waals surface area contributed by atoms with E-state index >= 15 is 0 Å². The molecule has 12 heavy (non-hydrogen) atoms. The summed E-state index contributed by atoms with van der Waals surface area (Å²) in [6.45, 7) is 0. The van der Waals surface area contributed by atoms with Crippen LogP contribution in [0.5, 0.6) is 0 Å². The van der Waals surface area contributed by atoms with E-state index in [1.165, 1.54) is 18.2 Å². The van der Waals surface area contributed by atoms with Gasteiger partial charge in [-0.25, -0.2) is 4.39 Å². The van der Waals surface area contributed by atoms with E-state index in [0.717, 1.165) is 0 Å². The predicted octanol–water partition coefficient (Wildman–Crippen LogP) is 1.81. The van der Waals surface area contributed by atoms with Crippen LogP contribution in [0.4, 0.5) is 4.39 Å². The number of nitrogens with zero attached hydrogens (tertiary/aromatic N) is 1. The van der Waals surface area contributed by atoms with Gasteiger partial charge in [0.25, 0.3) is 0 Å². The van der Waals surface area contributed by atoms with E-state index in [-0.39, 0.29) is 5.02 Å². The highest BCUT2D eigenvalue weighted by atomic mass is 35.5. The van der Waals surface area contributed by atoms with E-state index in [0.29, 0.717) is 11.4 Å². The van der Waals surface area contributed by atoms with Crippen LogP contribution in [-0.4, -0.2) is 12.9 Å². The summed E-state index contributed by atoms with van der Waals surface area (Å²) >= 11 is 5.53. The Bertz CT molecular complexity index is 323. The maximum atomic E-state index is 12.7. The van der Waals surface area contributed by atoms with Gasteiger partial charge in [-0.3, -0.25) is 4.99 Å². The van der Waals surface area contributed by atoms with Crippen LogP contribution in [0, 0.1) is 5.82 Å². The average Bonchev–Trinajstić information content (AvgIpc) is 2.08. The molecule has 2 N–H and O–H groups in total. The lowest BCUT2D eigenvalue weighted by molar-refractivity contribution is 0.628. The van der Waals surface area contributed by atoms with Gasteiger partial charge in [-0.05, 0) is 18.2 Å². The molecule has 1 rings (SSSR count). The van der Waals surface area contributed by atoms with E-state index in [2.05, 4.69) is 4.99 Å². The number of benzene rings is 1. The summed E-state index contributed by atoms with van der Waals surface area (Å²) in [5, 5.41) is 0.0547. The summed E-state index contributed by atoms with van der Waals surface area (Å²) in [7, 11) is 1.56. The molecule has 0 saturated heterocycles. The minimum atomic E-state index is -0.454. The van der Waals surface area contributed by atoms with Crippen molar-refractivity contribution < 1.29 is 4.39 Å². The highest BCUT2D eigenvalue weighted by molar-refractivity contribution is 6.31. The Balaban J connectivity index is 3.13. The number of halogens is 2. The fourth-order valence-electron chi connectivity index (χ4n) is 0.785.